The summed E-state index contributed by atoms with van der Waals surface area (Å²) in [6, 6.07) is 2.19. The van der Waals surface area contributed by atoms with Crippen LogP contribution in [-0.2, 0) is 6.54 Å². The Morgan fingerprint density at radius 3 is 2.64 bits per heavy atom. The molecule has 1 fully saturated rings. The van der Waals surface area contributed by atoms with E-state index in [2.05, 4.69) is 33.8 Å². The average Bonchev–Trinajstić information content (AvgIpc) is 3.20. The van der Waals surface area contributed by atoms with Crippen LogP contribution in [0, 0.1) is 24.5 Å². The van der Waals surface area contributed by atoms with Gasteiger partial charge in [0, 0.05) is 30.8 Å². The van der Waals surface area contributed by atoms with E-state index in [9.17, 15) is 8.78 Å². The first-order chi connectivity index (χ1) is 13.3. The van der Waals surface area contributed by atoms with Gasteiger partial charge >= 0.3 is 0 Å². The molecule has 5 nitrogen and oxygen atoms in total. The summed E-state index contributed by atoms with van der Waals surface area (Å²) in [5.41, 5.74) is 2.58. The van der Waals surface area contributed by atoms with Crippen LogP contribution in [0.1, 0.15) is 44.0 Å². The maximum atomic E-state index is 13.6. The lowest BCUT2D eigenvalue weighted by atomic mass is 10.1. The molecule has 3 aromatic rings. The Morgan fingerprint density at radius 2 is 1.93 bits per heavy atom. The van der Waals surface area contributed by atoms with Crippen molar-refractivity contribution in [3.63, 3.8) is 0 Å². The van der Waals surface area contributed by atoms with Crippen molar-refractivity contribution in [3.8, 4) is 0 Å². The van der Waals surface area contributed by atoms with Crippen molar-refractivity contribution in [3.05, 3.63) is 46.4 Å². The number of benzene rings is 1. The van der Waals surface area contributed by atoms with Crippen LogP contribution in [0.5, 0.6) is 0 Å². The molecule has 3 heterocycles. The number of anilines is 1. The molecule has 0 bridgehead atoms. The lowest BCUT2D eigenvalue weighted by Gasteiger charge is -2.26. The topological polar surface area (TPSA) is 46.8 Å². The molecule has 1 saturated heterocycles. The second-order valence-electron chi connectivity index (χ2n) is 7.70. The molecule has 1 aromatic carbocycles. The summed E-state index contributed by atoms with van der Waals surface area (Å²) in [7, 11) is 0. The van der Waals surface area contributed by atoms with Gasteiger partial charge in [0.15, 0.2) is 11.6 Å². The third-order valence-corrected chi connectivity index (χ3v) is 5.50. The van der Waals surface area contributed by atoms with E-state index in [0.29, 0.717) is 27.9 Å². The first kappa shape index (κ1) is 19.1. The monoisotopic (exact) mass is 405 g/mol. The van der Waals surface area contributed by atoms with Crippen molar-refractivity contribution < 1.29 is 8.78 Å². The van der Waals surface area contributed by atoms with Crippen LogP contribution in [0.25, 0.3) is 11.0 Å². The van der Waals surface area contributed by atoms with E-state index in [1.807, 2.05) is 11.6 Å². The standard InChI is InChI=1S/C20H22ClF2N5/c1-11(2)10-28-20(21)19(12(3)26-28)17-5-4-6-27(17)18-9-24-15-7-13(22)14(23)8-16(15)25-18/h7-9,11,17H,4-6,10H2,1-3H3. The normalized spacial score (nSPS) is 17.2. The molecule has 0 amide bonds. The van der Waals surface area contributed by atoms with E-state index in [1.165, 1.54) is 0 Å². The Kier molecular flexibility index (Phi) is 4.95. The van der Waals surface area contributed by atoms with Crippen molar-refractivity contribution in [1.82, 2.24) is 19.7 Å². The van der Waals surface area contributed by atoms with Crippen molar-refractivity contribution in [1.29, 1.82) is 0 Å². The van der Waals surface area contributed by atoms with Gasteiger partial charge in [-0.05, 0) is 25.7 Å². The van der Waals surface area contributed by atoms with Gasteiger partial charge in [-0.25, -0.2) is 13.8 Å². The highest BCUT2D eigenvalue weighted by molar-refractivity contribution is 6.30. The van der Waals surface area contributed by atoms with Gasteiger partial charge in [-0.15, -0.1) is 0 Å². The SMILES string of the molecule is Cc1nn(CC(C)C)c(Cl)c1C1CCCN1c1cnc2cc(F)c(F)cc2n1. The molecule has 1 aliphatic heterocycles. The number of fused-ring (bicyclic) bond motifs is 1. The van der Waals surface area contributed by atoms with Crippen LogP contribution < -0.4 is 4.90 Å². The highest BCUT2D eigenvalue weighted by atomic mass is 35.5. The van der Waals surface area contributed by atoms with E-state index in [-0.39, 0.29) is 6.04 Å². The zero-order valence-corrected chi connectivity index (χ0v) is 16.8. The van der Waals surface area contributed by atoms with E-state index >= 15 is 0 Å². The minimum Gasteiger partial charge on any atom is -0.348 e. The fraction of sp³-hybridized carbons (Fsp3) is 0.450. The van der Waals surface area contributed by atoms with Crippen LogP contribution in [-0.4, -0.2) is 26.3 Å². The van der Waals surface area contributed by atoms with Gasteiger partial charge in [0.1, 0.15) is 11.0 Å². The van der Waals surface area contributed by atoms with Gasteiger partial charge in [0.25, 0.3) is 0 Å². The van der Waals surface area contributed by atoms with Crippen LogP contribution in [0.2, 0.25) is 5.15 Å². The Morgan fingerprint density at radius 1 is 1.21 bits per heavy atom. The van der Waals surface area contributed by atoms with Gasteiger partial charge in [-0.3, -0.25) is 9.67 Å². The predicted molar refractivity (Wildman–Crippen MR) is 106 cm³/mol. The quantitative estimate of drug-likeness (QED) is 0.608. The molecule has 0 aliphatic carbocycles. The zero-order valence-electron chi connectivity index (χ0n) is 16.1. The summed E-state index contributed by atoms with van der Waals surface area (Å²) in [5, 5.41) is 5.28. The maximum Gasteiger partial charge on any atom is 0.161 e. The van der Waals surface area contributed by atoms with Crippen LogP contribution >= 0.6 is 11.6 Å². The molecule has 148 valence electrons. The third kappa shape index (κ3) is 3.32. The largest absolute Gasteiger partial charge is 0.348 e. The number of aryl methyl sites for hydroxylation is 1. The van der Waals surface area contributed by atoms with E-state index in [0.717, 1.165) is 49.3 Å². The van der Waals surface area contributed by atoms with Crippen molar-refractivity contribution in [2.75, 3.05) is 11.4 Å². The number of nitrogens with zero attached hydrogens (tertiary/aromatic N) is 5. The van der Waals surface area contributed by atoms with Crippen molar-refractivity contribution in [2.45, 2.75) is 46.2 Å². The molecule has 0 spiro atoms. The molecule has 0 radical (unpaired) electrons. The summed E-state index contributed by atoms with van der Waals surface area (Å²) in [6.07, 6.45) is 3.51. The molecular weight excluding hydrogens is 384 g/mol. The molecule has 4 rings (SSSR count). The Hall–Kier alpha value is -2.28. The molecule has 1 unspecified atom stereocenters. The number of hydrogen-bond acceptors (Lipinski definition) is 4. The van der Waals surface area contributed by atoms with E-state index < -0.39 is 11.6 Å². The van der Waals surface area contributed by atoms with Gasteiger partial charge in [0.05, 0.1) is 29.0 Å². The lowest BCUT2D eigenvalue weighted by Crippen LogP contribution is -2.24. The first-order valence-corrected chi connectivity index (χ1v) is 9.84. The third-order valence-electron chi connectivity index (χ3n) is 5.10. The van der Waals surface area contributed by atoms with Crippen LogP contribution in [0.4, 0.5) is 14.6 Å². The van der Waals surface area contributed by atoms with E-state index in [4.69, 9.17) is 11.6 Å². The number of halogens is 3. The number of hydrogen-bond donors (Lipinski definition) is 0. The van der Waals surface area contributed by atoms with Crippen LogP contribution in [0.3, 0.4) is 0 Å². The fourth-order valence-corrected chi connectivity index (χ4v) is 4.26. The summed E-state index contributed by atoms with van der Waals surface area (Å²) in [4.78, 5) is 10.9. The summed E-state index contributed by atoms with van der Waals surface area (Å²) < 4.78 is 28.9. The van der Waals surface area contributed by atoms with Gasteiger partial charge < -0.3 is 4.90 Å². The van der Waals surface area contributed by atoms with Crippen molar-refractivity contribution >= 4 is 28.5 Å². The van der Waals surface area contributed by atoms with Gasteiger partial charge in [-0.2, -0.15) is 5.10 Å². The predicted octanol–water partition coefficient (Wildman–Crippen LogP) is 5.06. The smallest absolute Gasteiger partial charge is 0.161 e. The lowest BCUT2D eigenvalue weighted by molar-refractivity contribution is 0.481. The molecule has 8 heteroatoms. The summed E-state index contributed by atoms with van der Waals surface area (Å²) in [5.74, 6) is -0.779. The minimum absolute atomic E-state index is 0.0328. The average molecular weight is 406 g/mol. The molecule has 1 aliphatic rings. The highest BCUT2D eigenvalue weighted by Gasteiger charge is 2.32. The Labute approximate surface area is 167 Å². The van der Waals surface area contributed by atoms with E-state index in [1.54, 1.807) is 6.20 Å². The van der Waals surface area contributed by atoms with Gasteiger partial charge in [-0.1, -0.05) is 25.4 Å². The van der Waals surface area contributed by atoms with Crippen molar-refractivity contribution in [2.24, 2.45) is 5.92 Å². The first-order valence-electron chi connectivity index (χ1n) is 9.46. The number of rotatable bonds is 4. The summed E-state index contributed by atoms with van der Waals surface area (Å²) in [6.45, 7) is 7.77. The molecule has 1 atom stereocenters. The second-order valence-corrected chi connectivity index (χ2v) is 8.06. The fourth-order valence-electron chi connectivity index (χ4n) is 3.89. The summed E-state index contributed by atoms with van der Waals surface area (Å²) >= 11 is 6.69. The highest BCUT2D eigenvalue weighted by Crippen LogP contribution is 2.40. The molecular formula is C20H22ClF2N5. The van der Waals surface area contributed by atoms with Gasteiger partial charge in [0.2, 0.25) is 0 Å². The minimum atomic E-state index is -0.925. The zero-order chi connectivity index (χ0) is 20.0. The second kappa shape index (κ2) is 7.28. The molecule has 0 saturated carbocycles. The molecule has 28 heavy (non-hydrogen) atoms. The Bertz CT molecular complexity index is 1030. The molecule has 2 aromatic heterocycles. The molecule has 0 N–H and O–H groups in total. The Balaban J connectivity index is 1.72. The van der Waals surface area contributed by atoms with Crippen LogP contribution in [0.15, 0.2) is 18.3 Å². The number of aromatic nitrogens is 4. The maximum absolute atomic E-state index is 13.6.